The van der Waals surface area contributed by atoms with Gasteiger partial charge in [0.25, 0.3) is 6.33 Å². The summed E-state index contributed by atoms with van der Waals surface area (Å²) >= 11 is 1.51. The minimum absolute atomic E-state index is 0.0504. The lowest BCUT2D eigenvalue weighted by Crippen LogP contribution is -2.63. The van der Waals surface area contributed by atoms with Gasteiger partial charge < -0.3 is 20.8 Å². The van der Waals surface area contributed by atoms with Gasteiger partial charge >= 0.3 is 5.97 Å². The Bertz CT molecular complexity index is 928. The molecule has 0 unspecified atom stereocenters. The number of carboxylic acid groups (broad SMARTS) is 1. The Kier molecular flexibility index (Phi) is 3.41. The summed E-state index contributed by atoms with van der Waals surface area (Å²) in [6.45, 7) is 3.85. The van der Waals surface area contributed by atoms with E-state index in [4.69, 9.17) is 5.73 Å². The Morgan fingerprint density at radius 3 is 2.84 bits per heavy atom. The fourth-order valence-electron chi connectivity index (χ4n) is 4.04. The topological polar surface area (TPSA) is 112 Å². The maximum Gasteiger partial charge on any atom is 0.352 e. The van der Waals surface area contributed by atoms with Gasteiger partial charge in [0.15, 0.2) is 0 Å². The van der Waals surface area contributed by atoms with Crippen molar-refractivity contribution in [2.24, 2.45) is 11.8 Å². The normalized spacial score (nSPS) is 26.9. The maximum atomic E-state index is 12.3. The number of anilines is 1. The number of aliphatic hydroxyl groups is 1. The number of β-lactam (4-membered cyclic amide) rings is 1. The number of carbonyl (C=O) groups is 2. The first kappa shape index (κ1) is 16.1. The number of carboxylic acids is 1. The summed E-state index contributed by atoms with van der Waals surface area (Å²) in [4.78, 5) is 26.4. The number of thiazole rings is 1. The van der Waals surface area contributed by atoms with Crippen molar-refractivity contribution < 1.29 is 24.4 Å². The van der Waals surface area contributed by atoms with Crippen molar-refractivity contribution in [3.05, 3.63) is 29.2 Å². The van der Waals surface area contributed by atoms with Crippen molar-refractivity contribution >= 4 is 33.9 Å². The second kappa shape index (κ2) is 5.30. The van der Waals surface area contributed by atoms with Crippen LogP contribution >= 0.6 is 11.3 Å². The third-order valence-electron chi connectivity index (χ3n) is 5.23. The molecule has 1 fully saturated rings. The number of hydrogen-bond acceptors (Lipinski definition) is 5. The van der Waals surface area contributed by atoms with Gasteiger partial charge in [-0.15, -0.1) is 0 Å². The molecule has 0 saturated carbocycles. The Morgan fingerprint density at radius 2 is 2.24 bits per heavy atom. The summed E-state index contributed by atoms with van der Waals surface area (Å²) in [6.07, 6.45) is 2.94. The Hall–Kier alpha value is -2.39. The van der Waals surface area contributed by atoms with E-state index in [9.17, 15) is 19.8 Å². The van der Waals surface area contributed by atoms with Crippen LogP contribution in [0.3, 0.4) is 0 Å². The van der Waals surface area contributed by atoms with Gasteiger partial charge in [-0.1, -0.05) is 18.3 Å². The Balaban J connectivity index is 1.72. The SMILES string of the molecule is C[C@@H](O)[C@H]1C(=O)N2C(C(=O)O)=C(C[n+]3cc4scc(N)n4c3)[C@H](C)[C@H]12. The van der Waals surface area contributed by atoms with Crippen LogP contribution in [-0.4, -0.2) is 43.5 Å². The second-order valence-electron chi connectivity index (χ2n) is 6.72. The molecule has 0 radical (unpaired) electrons. The second-order valence-corrected chi connectivity index (χ2v) is 7.61. The molecule has 0 aliphatic carbocycles. The number of nitrogen functional groups attached to an aromatic ring is 1. The predicted octanol–water partition coefficient (Wildman–Crippen LogP) is 0.0667. The average molecular weight is 363 g/mol. The van der Waals surface area contributed by atoms with Crippen LogP contribution in [0.25, 0.3) is 4.83 Å². The largest absolute Gasteiger partial charge is 0.477 e. The number of aliphatic hydroxyl groups excluding tert-OH is 1. The van der Waals surface area contributed by atoms with E-state index in [-0.39, 0.29) is 23.6 Å². The van der Waals surface area contributed by atoms with Crippen LogP contribution in [-0.2, 0) is 16.1 Å². The minimum Gasteiger partial charge on any atom is -0.477 e. The highest BCUT2D eigenvalue weighted by molar-refractivity contribution is 7.15. The molecular weight excluding hydrogens is 344 g/mol. The van der Waals surface area contributed by atoms with Crippen LogP contribution in [0, 0.1) is 11.8 Å². The molecule has 2 aromatic rings. The molecule has 25 heavy (non-hydrogen) atoms. The number of hydrogen-bond donors (Lipinski definition) is 3. The van der Waals surface area contributed by atoms with E-state index in [1.165, 1.54) is 16.2 Å². The zero-order chi connectivity index (χ0) is 18.0. The van der Waals surface area contributed by atoms with Gasteiger partial charge in [0.05, 0.1) is 23.4 Å². The molecule has 0 spiro atoms. The standard InChI is InChI=1S/C16H18N4O4S/c1-7-9(3-18-4-11-19(6-18)10(17)5-25-11)14(16(23)24)20-13(7)12(8(2)21)15(20)22/h4-8,12-13,21H,3,17H2,1-2H3/p+1/t7-,8+,12+,13+/m0/s1. The van der Waals surface area contributed by atoms with Gasteiger partial charge in [-0.3, -0.25) is 4.79 Å². The van der Waals surface area contributed by atoms with Crippen LogP contribution in [0.5, 0.6) is 0 Å². The summed E-state index contributed by atoms with van der Waals surface area (Å²) in [5.74, 6) is -1.47. The van der Waals surface area contributed by atoms with Crippen molar-refractivity contribution in [2.75, 3.05) is 5.73 Å². The van der Waals surface area contributed by atoms with Crippen LogP contribution in [0.2, 0.25) is 0 Å². The summed E-state index contributed by atoms with van der Waals surface area (Å²) in [5.41, 5.74) is 6.64. The third-order valence-corrected chi connectivity index (χ3v) is 6.13. The van der Waals surface area contributed by atoms with Gasteiger partial charge in [0.2, 0.25) is 16.6 Å². The molecule has 2 aromatic heterocycles. The van der Waals surface area contributed by atoms with E-state index >= 15 is 0 Å². The number of aromatic nitrogens is 2. The molecule has 4 N–H and O–H groups in total. The lowest BCUT2D eigenvalue weighted by atomic mass is 9.78. The van der Waals surface area contributed by atoms with Crippen molar-refractivity contribution in [1.29, 1.82) is 0 Å². The minimum atomic E-state index is -1.11. The number of rotatable bonds is 4. The number of aliphatic carboxylic acids is 1. The first-order chi connectivity index (χ1) is 11.8. The number of amides is 1. The van der Waals surface area contributed by atoms with E-state index in [1.807, 2.05) is 33.8 Å². The van der Waals surface area contributed by atoms with Crippen LogP contribution in [0.15, 0.2) is 29.2 Å². The zero-order valence-corrected chi connectivity index (χ0v) is 14.6. The predicted molar refractivity (Wildman–Crippen MR) is 89.5 cm³/mol. The van der Waals surface area contributed by atoms with Crippen molar-refractivity contribution in [3.63, 3.8) is 0 Å². The molecule has 9 heteroatoms. The number of nitrogens with zero attached hydrogens (tertiary/aromatic N) is 3. The number of nitrogens with two attached hydrogens (primary N) is 1. The molecule has 1 saturated heterocycles. The van der Waals surface area contributed by atoms with Gasteiger partial charge in [0.1, 0.15) is 18.4 Å². The summed E-state index contributed by atoms with van der Waals surface area (Å²) < 4.78 is 3.72. The number of carbonyl (C=O) groups excluding carboxylic acids is 1. The fraction of sp³-hybridized carbons (Fsp3) is 0.438. The van der Waals surface area contributed by atoms with Crippen LogP contribution in [0.1, 0.15) is 13.8 Å². The summed E-state index contributed by atoms with van der Waals surface area (Å²) in [6, 6.07) is -0.289. The van der Waals surface area contributed by atoms with E-state index in [1.54, 1.807) is 6.92 Å². The van der Waals surface area contributed by atoms with Gasteiger partial charge in [-0.25, -0.2) is 9.36 Å². The average Bonchev–Trinajstić information content (AvgIpc) is 3.14. The molecule has 0 bridgehead atoms. The quantitative estimate of drug-likeness (QED) is 0.526. The van der Waals surface area contributed by atoms with E-state index in [2.05, 4.69) is 0 Å². The highest BCUT2D eigenvalue weighted by Crippen LogP contribution is 2.47. The van der Waals surface area contributed by atoms with Crippen molar-refractivity contribution in [1.82, 2.24) is 9.30 Å². The molecule has 1 amide bonds. The van der Waals surface area contributed by atoms with E-state index in [0.717, 1.165) is 4.83 Å². The van der Waals surface area contributed by atoms with Gasteiger partial charge in [-0.2, -0.15) is 4.40 Å². The molecule has 8 nitrogen and oxygen atoms in total. The van der Waals surface area contributed by atoms with Crippen LogP contribution < -0.4 is 10.3 Å². The molecule has 2 aliphatic heterocycles. The van der Waals surface area contributed by atoms with E-state index < -0.39 is 18.0 Å². The first-order valence-corrected chi connectivity index (χ1v) is 8.90. The molecule has 0 aromatic carbocycles. The summed E-state index contributed by atoms with van der Waals surface area (Å²) in [5, 5.41) is 21.4. The Morgan fingerprint density at radius 1 is 1.52 bits per heavy atom. The highest BCUT2D eigenvalue weighted by Gasteiger charge is 2.60. The molecule has 4 heterocycles. The van der Waals surface area contributed by atoms with Gasteiger partial charge in [0, 0.05) is 11.5 Å². The van der Waals surface area contributed by atoms with Crippen molar-refractivity contribution in [3.8, 4) is 0 Å². The highest BCUT2D eigenvalue weighted by atomic mass is 32.1. The monoisotopic (exact) mass is 363 g/mol. The third kappa shape index (κ3) is 2.12. The van der Waals surface area contributed by atoms with Crippen molar-refractivity contribution in [2.45, 2.75) is 32.5 Å². The fourth-order valence-corrected chi connectivity index (χ4v) is 4.86. The molecule has 132 valence electrons. The smallest absolute Gasteiger partial charge is 0.352 e. The number of fused-ring (bicyclic) bond motifs is 2. The zero-order valence-electron chi connectivity index (χ0n) is 13.8. The number of imidazole rings is 1. The molecule has 4 atom stereocenters. The summed E-state index contributed by atoms with van der Waals surface area (Å²) in [7, 11) is 0. The van der Waals surface area contributed by atoms with Crippen LogP contribution in [0.4, 0.5) is 5.82 Å². The molecule has 2 aliphatic rings. The molecular formula is C16H19N4O4S+. The Labute approximate surface area is 147 Å². The van der Waals surface area contributed by atoms with E-state index in [0.29, 0.717) is 17.9 Å². The van der Waals surface area contributed by atoms with Gasteiger partial charge in [-0.05, 0) is 6.92 Å². The molecule has 4 rings (SSSR count). The lowest BCUT2D eigenvalue weighted by Gasteiger charge is -2.46. The maximum absolute atomic E-state index is 12.3. The lowest BCUT2D eigenvalue weighted by molar-refractivity contribution is -0.688. The first-order valence-electron chi connectivity index (χ1n) is 8.02.